The Kier molecular flexibility index (Phi) is 4.43. The van der Waals surface area contributed by atoms with Crippen LogP contribution in [0.4, 0.5) is 0 Å². The summed E-state index contributed by atoms with van der Waals surface area (Å²) in [7, 11) is 0. The third-order valence-corrected chi connectivity index (χ3v) is 4.00. The van der Waals surface area contributed by atoms with Crippen molar-refractivity contribution in [1.29, 1.82) is 5.26 Å². The van der Waals surface area contributed by atoms with Crippen LogP contribution < -0.4 is 5.73 Å². The second kappa shape index (κ2) is 6.07. The summed E-state index contributed by atoms with van der Waals surface area (Å²) in [5, 5.41) is 10.7. The van der Waals surface area contributed by atoms with Gasteiger partial charge >= 0.3 is 0 Å². The van der Waals surface area contributed by atoms with E-state index in [4.69, 9.17) is 17.3 Å². The molecule has 0 saturated carbocycles. The second-order valence-corrected chi connectivity index (χ2v) is 5.48. The number of nitrogens with two attached hydrogens (primary N) is 1. The average Bonchev–Trinajstić information content (AvgIpc) is 2.47. The topological polar surface area (TPSA) is 62.7 Å². The molecule has 2 N–H and O–H groups in total. The van der Waals surface area contributed by atoms with E-state index in [-0.39, 0.29) is 0 Å². The molecule has 3 nitrogen and oxygen atoms in total. The van der Waals surface area contributed by atoms with Crippen LogP contribution in [0, 0.1) is 11.3 Å². The van der Waals surface area contributed by atoms with Crippen LogP contribution in [-0.2, 0) is 5.54 Å². The fraction of sp³-hybridized carbons (Fsp3) is 0.143. The maximum Gasteiger partial charge on any atom is 0.139 e. The highest BCUT2D eigenvalue weighted by Gasteiger charge is 2.27. The zero-order valence-electron chi connectivity index (χ0n) is 10.1. The van der Waals surface area contributed by atoms with Gasteiger partial charge < -0.3 is 5.73 Å². The number of halogens is 1. The number of pyridine rings is 1. The lowest BCUT2D eigenvalue weighted by Gasteiger charge is -2.21. The molecule has 1 atom stereocenters. The van der Waals surface area contributed by atoms with Gasteiger partial charge in [-0.2, -0.15) is 5.26 Å². The minimum Gasteiger partial charge on any atom is -0.309 e. The van der Waals surface area contributed by atoms with Gasteiger partial charge in [0.25, 0.3) is 0 Å². The number of hydrogen-bond donors (Lipinski definition) is 1. The largest absolute Gasteiger partial charge is 0.309 e. The zero-order valence-corrected chi connectivity index (χ0v) is 11.7. The van der Waals surface area contributed by atoms with E-state index in [9.17, 15) is 5.26 Å². The summed E-state index contributed by atoms with van der Waals surface area (Å²) in [5.74, 6) is 0.433. The van der Waals surface area contributed by atoms with Gasteiger partial charge in [-0.3, -0.25) is 0 Å². The number of rotatable bonds is 4. The van der Waals surface area contributed by atoms with Crippen LogP contribution in [0.15, 0.2) is 53.7 Å². The Morgan fingerprint density at radius 3 is 2.58 bits per heavy atom. The fourth-order valence-corrected chi connectivity index (χ4v) is 2.56. The van der Waals surface area contributed by atoms with E-state index in [1.165, 1.54) is 11.8 Å². The Hall–Kier alpha value is -1.54. The van der Waals surface area contributed by atoms with Crippen molar-refractivity contribution in [3.8, 4) is 6.07 Å². The van der Waals surface area contributed by atoms with Crippen molar-refractivity contribution in [2.75, 3.05) is 5.75 Å². The molecule has 0 aliphatic carbocycles. The van der Waals surface area contributed by atoms with Crippen molar-refractivity contribution in [1.82, 2.24) is 4.98 Å². The number of aromatic nitrogens is 1. The van der Waals surface area contributed by atoms with E-state index < -0.39 is 5.54 Å². The van der Waals surface area contributed by atoms with E-state index in [0.29, 0.717) is 10.8 Å². The molecular weight excluding hydrogens is 278 g/mol. The van der Waals surface area contributed by atoms with Crippen molar-refractivity contribution >= 4 is 23.4 Å². The Bertz CT molecular complexity index is 580. The lowest BCUT2D eigenvalue weighted by molar-refractivity contribution is 0.658. The van der Waals surface area contributed by atoms with E-state index in [1.54, 1.807) is 12.3 Å². The Morgan fingerprint density at radius 2 is 2.00 bits per heavy atom. The van der Waals surface area contributed by atoms with Crippen LogP contribution in [0.3, 0.4) is 0 Å². The molecule has 0 aliphatic rings. The smallest absolute Gasteiger partial charge is 0.139 e. The van der Waals surface area contributed by atoms with E-state index in [0.717, 1.165) is 10.6 Å². The Morgan fingerprint density at radius 1 is 1.26 bits per heavy atom. The molecule has 1 aromatic heterocycles. The molecule has 1 aromatic carbocycles. The number of benzene rings is 1. The monoisotopic (exact) mass is 289 g/mol. The molecular formula is C14H12ClN3S. The highest BCUT2D eigenvalue weighted by atomic mass is 35.5. The normalized spacial score (nSPS) is 13.5. The third-order valence-electron chi connectivity index (χ3n) is 2.64. The second-order valence-electron chi connectivity index (χ2n) is 4.05. The lowest BCUT2D eigenvalue weighted by atomic mass is 9.95. The third kappa shape index (κ3) is 3.48. The molecule has 2 rings (SSSR count). The van der Waals surface area contributed by atoms with Gasteiger partial charge in [0.2, 0.25) is 0 Å². The highest BCUT2D eigenvalue weighted by Crippen LogP contribution is 2.26. The van der Waals surface area contributed by atoms with Crippen LogP contribution in [0.5, 0.6) is 0 Å². The predicted octanol–water partition coefficient (Wildman–Crippen LogP) is 3.20. The van der Waals surface area contributed by atoms with Crippen LogP contribution in [0.25, 0.3) is 0 Å². The van der Waals surface area contributed by atoms with Gasteiger partial charge in [-0.1, -0.05) is 41.9 Å². The molecule has 2 aromatic rings. The zero-order chi connectivity index (χ0) is 13.7. The van der Waals surface area contributed by atoms with Gasteiger partial charge in [0.1, 0.15) is 5.54 Å². The van der Waals surface area contributed by atoms with Gasteiger partial charge in [0, 0.05) is 11.9 Å². The molecule has 0 aliphatic heterocycles. The molecule has 0 saturated heterocycles. The van der Waals surface area contributed by atoms with Gasteiger partial charge in [-0.25, -0.2) is 4.98 Å². The first-order valence-electron chi connectivity index (χ1n) is 5.64. The predicted molar refractivity (Wildman–Crippen MR) is 77.9 cm³/mol. The number of nitriles is 1. The molecule has 0 bridgehead atoms. The minimum atomic E-state index is -1.02. The standard InChI is InChI=1S/C14H12ClN3S/c15-12-6-7-13(18-8-12)19-10-14(17,9-16)11-4-2-1-3-5-11/h1-8H,10,17H2. The van der Waals surface area contributed by atoms with Gasteiger partial charge in [0.15, 0.2) is 0 Å². The van der Waals surface area contributed by atoms with Gasteiger partial charge in [0.05, 0.1) is 16.1 Å². The molecule has 0 spiro atoms. The quantitative estimate of drug-likeness (QED) is 0.878. The summed E-state index contributed by atoms with van der Waals surface area (Å²) >= 11 is 7.21. The van der Waals surface area contributed by atoms with Crippen molar-refractivity contribution in [2.45, 2.75) is 10.6 Å². The summed E-state index contributed by atoms with van der Waals surface area (Å²) in [6, 6.07) is 15.1. The summed E-state index contributed by atoms with van der Waals surface area (Å²) in [4.78, 5) is 4.18. The van der Waals surface area contributed by atoms with E-state index >= 15 is 0 Å². The van der Waals surface area contributed by atoms with Crippen molar-refractivity contribution in [3.05, 3.63) is 59.2 Å². The molecule has 0 amide bonds. The SMILES string of the molecule is N#CC(N)(CSc1ccc(Cl)cn1)c1ccccc1. The maximum atomic E-state index is 9.33. The summed E-state index contributed by atoms with van der Waals surface area (Å²) < 4.78 is 0. The fourth-order valence-electron chi connectivity index (χ4n) is 1.55. The molecule has 96 valence electrons. The molecule has 1 heterocycles. The summed E-state index contributed by atoms with van der Waals surface area (Å²) in [6.07, 6.45) is 1.58. The van der Waals surface area contributed by atoms with Crippen LogP contribution in [0.1, 0.15) is 5.56 Å². The van der Waals surface area contributed by atoms with Crippen molar-refractivity contribution < 1.29 is 0 Å². The highest BCUT2D eigenvalue weighted by molar-refractivity contribution is 7.99. The molecule has 0 fully saturated rings. The first-order chi connectivity index (χ1) is 9.14. The van der Waals surface area contributed by atoms with E-state index in [1.807, 2.05) is 36.4 Å². The average molecular weight is 290 g/mol. The summed E-state index contributed by atoms with van der Waals surface area (Å²) in [5.41, 5.74) is 5.94. The number of thioether (sulfide) groups is 1. The first-order valence-corrected chi connectivity index (χ1v) is 7.00. The van der Waals surface area contributed by atoms with Crippen LogP contribution >= 0.6 is 23.4 Å². The number of hydrogen-bond acceptors (Lipinski definition) is 4. The Balaban J connectivity index is 2.12. The number of nitrogens with zero attached hydrogens (tertiary/aromatic N) is 2. The van der Waals surface area contributed by atoms with Gasteiger partial charge in [-0.15, -0.1) is 11.8 Å². The first kappa shape index (κ1) is 13.9. The molecule has 1 unspecified atom stereocenters. The van der Waals surface area contributed by atoms with Crippen molar-refractivity contribution in [2.24, 2.45) is 5.73 Å². The molecule has 5 heteroatoms. The molecule has 19 heavy (non-hydrogen) atoms. The van der Waals surface area contributed by atoms with Crippen LogP contribution in [-0.4, -0.2) is 10.7 Å². The summed E-state index contributed by atoms with van der Waals surface area (Å²) in [6.45, 7) is 0. The lowest BCUT2D eigenvalue weighted by Crippen LogP contribution is -2.37. The van der Waals surface area contributed by atoms with Crippen molar-refractivity contribution in [3.63, 3.8) is 0 Å². The molecule has 0 radical (unpaired) electrons. The minimum absolute atomic E-state index is 0.433. The van der Waals surface area contributed by atoms with Crippen LogP contribution in [0.2, 0.25) is 5.02 Å². The Labute approximate surface area is 121 Å². The van der Waals surface area contributed by atoms with Gasteiger partial charge in [-0.05, 0) is 17.7 Å². The maximum absolute atomic E-state index is 9.33. The van der Waals surface area contributed by atoms with E-state index in [2.05, 4.69) is 11.1 Å².